The zero-order valence-corrected chi connectivity index (χ0v) is 17.4. The van der Waals surface area contributed by atoms with Crippen molar-refractivity contribution in [1.82, 2.24) is 39.6 Å². The topological polar surface area (TPSA) is 113 Å². The van der Waals surface area contributed by atoms with E-state index in [4.69, 9.17) is 5.73 Å². The van der Waals surface area contributed by atoms with Crippen LogP contribution in [0.25, 0.3) is 22.3 Å². The molecule has 0 saturated carbocycles. The number of benzene rings is 1. The van der Waals surface area contributed by atoms with Crippen LogP contribution >= 0.6 is 0 Å². The van der Waals surface area contributed by atoms with Crippen LogP contribution < -0.4 is 5.73 Å². The Bertz CT molecular complexity index is 1490. The van der Waals surface area contributed by atoms with E-state index in [1.807, 2.05) is 6.92 Å². The number of para-hydroxylation sites is 1. The number of alkyl halides is 3. The van der Waals surface area contributed by atoms with E-state index in [0.29, 0.717) is 28.0 Å². The molecule has 0 bridgehead atoms. The van der Waals surface area contributed by atoms with E-state index >= 15 is 0 Å². The van der Waals surface area contributed by atoms with Crippen LogP contribution in [0, 0.1) is 5.82 Å². The van der Waals surface area contributed by atoms with Gasteiger partial charge in [0.05, 0.1) is 17.6 Å². The summed E-state index contributed by atoms with van der Waals surface area (Å²) in [5.41, 5.74) is 8.58. The molecule has 34 heavy (non-hydrogen) atoms. The van der Waals surface area contributed by atoms with Gasteiger partial charge in [0, 0.05) is 29.4 Å². The summed E-state index contributed by atoms with van der Waals surface area (Å²) in [6.45, 7) is 1.84. The van der Waals surface area contributed by atoms with Gasteiger partial charge < -0.3 is 5.73 Å². The van der Waals surface area contributed by atoms with Crippen LogP contribution in [0.5, 0.6) is 0 Å². The largest absolute Gasteiger partial charge is 0.451 e. The number of fused-ring (bicyclic) bond motifs is 1. The lowest BCUT2D eigenvalue weighted by atomic mass is 10.0. The molecule has 172 valence electrons. The SMILES string of the molecule is C[C@H](c1cn(-c2ccccc2F)nn1)c1cc(-c2cnc(C(F)(F)F)nc2)c2c(N)ncnn12. The lowest BCUT2D eigenvalue weighted by molar-refractivity contribution is -0.144. The molecule has 0 saturated heterocycles. The van der Waals surface area contributed by atoms with Crippen molar-refractivity contribution < 1.29 is 17.6 Å². The number of halogens is 4. The van der Waals surface area contributed by atoms with Crippen molar-refractivity contribution in [3.63, 3.8) is 0 Å². The van der Waals surface area contributed by atoms with E-state index in [1.165, 1.54) is 21.6 Å². The van der Waals surface area contributed by atoms with Crippen molar-refractivity contribution in [2.75, 3.05) is 5.73 Å². The van der Waals surface area contributed by atoms with Crippen LogP contribution in [-0.2, 0) is 6.18 Å². The van der Waals surface area contributed by atoms with Crippen molar-refractivity contribution in [2.45, 2.75) is 19.0 Å². The number of hydrogen-bond donors (Lipinski definition) is 1. The first-order valence-electron chi connectivity index (χ1n) is 9.93. The minimum Gasteiger partial charge on any atom is -0.382 e. The number of nitrogens with zero attached hydrogens (tertiary/aromatic N) is 8. The highest BCUT2D eigenvalue weighted by Gasteiger charge is 2.34. The molecule has 0 amide bonds. The maximum absolute atomic E-state index is 14.1. The third-order valence-electron chi connectivity index (χ3n) is 5.32. The van der Waals surface area contributed by atoms with Gasteiger partial charge in [-0.05, 0) is 18.2 Å². The van der Waals surface area contributed by atoms with Gasteiger partial charge in [-0.2, -0.15) is 18.3 Å². The monoisotopic (exact) mass is 469 g/mol. The number of hydrogen-bond acceptors (Lipinski definition) is 7. The van der Waals surface area contributed by atoms with Gasteiger partial charge in [0.15, 0.2) is 5.82 Å². The fourth-order valence-corrected chi connectivity index (χ4v) is 3.62. The number of anilines is 1. The van der Waals surface area contributed by atoms with E-state index < -0.39 is 23.7 Å². The molecule has 13 heteroatoms. The molecule has 9 nitrogen and oxygen atoms in total. The molecule has 0 aliphatic rings. The summed E-state index contributed by atoms with van der Waals surface area (Å²) < 4.78 is 55.6. The van der Waals surface area contributed by atoms with E-state index in [-0.39, 0.29) is 11.5 Å². The number of rotatable bonds is 4. The molecule has 0 unspecified atom stereocenters. The summed E-state index contributed by atoms with van der Waals surface area (Å²) in [6, 6.07) is 7.85. The lowest BCUT2D eigenvalue weighted by Gasteiger charge is -2.08. The van der Waals surface area contributed by atoms with Gasteiger partial charge in [0.25, 0.3) is 0 Å². The summed E-state index contributed by atoms with van der Waals surface area (Å²) in [5.74, 6) is -1.98. The molecule has 2 N–H and O–H groups in total. The van der Waals surface area contributed by atoms with Crippen LogP contribution in [0.4, 0.5) is 23.4 Å². The highest BCUT2D eigenvalue weighted by molar-refractivity contribution is 5.88. The Hall–Kier alpha value is -4.42. The fourth-order valence-electron chi connectivity index (χ4n) is 3.62. The summed E-state index contributed by atoms with van der Waals surface area (Å²) >= 11 is 0. The quantitative estimate of drug-likeness (QED) is 0.400. The molecule has 4 heterocycles. The Morgan fingerprint density at radius 3 is 2.50 bits per heavy atom. The molecule has 0 fully saturated rings. The normalized spacial score (nSPS) is 12.9. The average molecular weight is 469 g/mol. The number of nitrogens with two attached hydrogens (primary N) is 1. The van der Waals surface area contributed by atoms with Gasteiger partial charge in [-0.25, -0.2) is 28.5 Å². The van der Waals surface area contributed by atoms with Crippen molar-refractivity contribution in [2.24, 2.45) is 0 Å². The molecule has 1 atom stereocenters. The molecule has 5 rings (SSSR count). The summed E-state index contributed by atoms with van der Waals surface area (Å²) in [6.07, 6.45) is 0.337. The first-order chi connectivity index (χ1) is 16.2. The van der Waals surface area contributed by atoms with Crippen molar-refractivity contribution in [3.8, 4) is 16.8 Å². The van der Waals surface area contributed by atoms with E-state index in [0.717, 1.165) is 12.4 Å². The zero-order valence-electron chi connectivity index (χ0n) is 17.4. The predicted octanol–water partition coefficient (Wildman–Crippen LogP) is 3.66. The Morgan fingerprint density at radius 1 is 1.06 bits per heavy atom. The van der Waals surface area contributed by atoms with Crippen LogP contribution in [-0.4, -0.2) is 39.6 Å². The van der Waals surface area contributed by atoms with Crippen LogP contribution in [0.15, 0.2) is 55.2 Å². The standard InChI is InChI=1S/C21H15F4N9/c1-11(15-9-33(32-31-15)16-5-3-2-4-14(16)22)17-6-13(18-19(26)29-10-30-34(17)18)12-7-27-20(28-8-12)21(23,24)25/h2-11H,1H3,(H2,26,29,30)/t11-/m1/s1. The van der Waals surface area contributed by atoms with Crippen molar-refractivity contribution in [1.29, 1.82) is 0 Å². The highest BCUT2D eigenvalue weighted by atomic mass is 19.4. The van der Waals surface area contributed by atoms with Gasteiger partial charge in [0.2, 0.25) is 5.82 Å². The molecule has 0 aliphatic carbocycles. The molecule has 5 aromatic rings. The summed E-state index contributed by atoms with van der Waals surface area (Å²) in [7, 11) is 0. The van der Waals surface area contributed by atoms with Gasteiger partial charge in [-0.1, -0.05) is 24.3 Å². The molecular formula is C21H15F4N9. The van der Waals surface area contributed by atoms with Crippen LogP contribution in [0.2, 0.25) is 0 Å². The number of nitrogen functional groups attached to an aromatic ring is 1. The first kappa shape index (κ1) is 21.4. The second kappa shape index (κ2) is 7.86. The second-order valence-electron chi connectivity index (χ2n) is 7.44. The first-order valence-corrected chi connectivity index (χ1v) is 9.93. The summed E-state index contributed by atoms with van der Waals surface area (Å²) in [4.78, 5) is 10.9. The third kappa shape index (κ3) is 3.60. The molecular weight excluding hydrogens is 454 g/mol. The Labute approximate surface area is 188 Å². The van der Waals surface area contributed by atoms with Gasteiger partial charge in [-0.15, -0.1) is 5.10 Å². The fraction of sp³-hybridized carbons (Fsp3) is 0.143. The molecule has 1 aromatic carbocycles. The van der Waals surface area contributed by atoms with Gasteiger partial charge >= 0.3 is 6.18 Å². The highest BCUT2D eigenvalue weighted by Crippen LogP contribution is 2.35. The Kier molecular flexibility index (Phi) is 4.96. The smallest absolute Gasteiger partial charge is 0.382 e. The van der Waals surface area contributed by atoms with Crippen LogP contribution in [0.3, 0.4) is 0 Å². The number of aromatic nitrogens is 8. The average Bonchev–Trinajstić information content (AvgIpc) is 3.45. The molecule has 0 spiro atoms. The lowest BCUT2D eigenvalue weighted by Crippen LogP contribution is -2.10. The minimum absolute atomic E-state index is 0.123. The minimum atomic E-state index is -4.66. The van der Waals surface area contributed by atoms with Crippen molar-refractivity contribution in [3.05, 3.63) is 78.3 Å². The molecule has 0 aliphatic heterocycles. The van der Waals surface area contributed by atoms with E-state index in [1.54, 1.807) is 30.5 Å². The van der Waals surface area contributed by atoms with Gasteiger partial charge in [0.1, 0.15) is 23.3 Å². The molecule has 0 radical (unpaired) electrons. The van der Waals surface area contributed by atoms with Gasteiger partial charge in [-0.3, -0.25) is 0 Å². The van der Waals surface area contributed by atoms with E-state index in [9.17, 15) is 17.6 Å². The molecule has 4 aromatic heterocycles. The zero-order chi connectivity index (χ0) is 24.0. The maximum atomic E-state index is 14.1. The summed E-state index contributed by atoms with van der Waals surface area (Å²) in [5, 5.41) is 12.5. The third-order valence-corrected chi connectivity index (χ3v) is 5.32. The van der Waals surface area contributed by atoms with E-state index in [2.05, 4.69) is 30.4 Å². The van der Waals surface area contributed by atoms with Crippen molar-refractivity contribution >= 4 is 11.3 Å². The second-order valence-corrected chi connectivity index (χ2v) is 7.44. The van der Waals surface area contributed by atoms with Crippen LogP contribution in [0.1, 0.15) is 30.1 Å². The Morgan fingerprint density at radius 2 is 1.79 bits per heavy atom. The predicted molar refractivity (Wildman–Crippen MR) is 112 cm³/mol. The Balaban J connectivity index is 1.59. The maximum Gasteiger partial charge on any atom is 0.451 e.